The van der Waals surface area contributed by atoms with Crippen LogP contribution in [0.15, 0.2) is 0 Å². The van der Waals surface area contributed by atoms with Gasteiger partial charge in [-0.15, -0.1) is 0 Å². The molecule has 0 heterocycles. The maximum atomic E-state index is 12.2. The van der Waals surface area contributed by atoms with Crippen molar-refractivity contribution in [1.29, 1.82) is 0 Å². The predicted octanol–water partition coefficient (Wildman–Crippen LogP) is 2.28. The zero-order valence-electron chi connectivity index (χ0n) is 12.9. The van der Waals surface area contributed by atoms with Crippen LogP contribution < -0.4 is 5.32 Å². The molecule has 3 aliphatic rings. The molecule has 0 unspecified atom stereocenters. The molecule has 0 spiro atoms. The molecule has 0 aliphatic heterocycles. The SMILES string of the molecule is CS(=O)(=O)[C@@H]1CCC[C@@H](NC(=O)C[C@@H]2C[C@H]3CC[C@H]2C3)C1. The first-order valence-corrected chi connectivity index (χ1v) is 10.4. The number of amides is 1. The highest BCUT2D eigenvalue weighted by molar-refractivity contribution is 7.91. The van der Waals surface area contributed by atoms with Crippen LogP contribution >= 0.6 is 0 Å². The van der Waals surface area contributed by atoms with Crippen LogP contribution in [0.1, 0.15) is 57.8 Å². The Balaban J connectivity index is 1.48. The lowest BCUT2D eigenvalue weighted by atomic mass is 9.86. The summed E-state index contributed by atoms with van der Waals surface area (Å²) in [4.78, 5) is 12.2. The fourth-order valence-electron chi connectivity index (χ4n) is 4.82. The van der Waals surface area contributed by atoms with Gasteiger partial charge in [-0.1, -0.05) is 12.8 Å². The first-order chi connectivity index (χ1) is 9.91. The zero-order valence-corrected chi connectivity index (χ0v) is 13.7. The highest BCUT2D eigenvalue weighted by Gasteiger charge is 2.40. The average molecular weight is 313 g/mol. The molecule has 0 saturated heterocycles. The van der Waals surface area contributed by atoms with E-state index in [1.807, 2.05) is 0 Å². The number of hydrogen-bond donors (Lipinski definition) is 1. The minimum Gasteiger partial charge on any atom is -0.353 e. The van der Waals surface area contributed by atoms with Gasteiger partial charge >= 0.3 is 0 Å². The number of carbonyl (C=O) groups is 1. The number of rotatable bonds is 4. The van der Waals surface area contributed by atoms with Gasteiger partial charge in [-0.25, -0.2) is 8.42 Å². The molecule has 0 aromatic heterocycles. The molecule has 1 amide bonds. The second-order valence-corrected chi connectivity index (χ2v) is 9.85. The smallest absolute Gasteiger partial charge is 0.220 e. The van der Waals surface area contributed by atoms with E-state index in [2.05, 4.69) is 5.32 Å². The molecule has 3 fully saturated rings. The third-order valence-corrected chi connectivity index (χ3v) is 7.57. The minimum absolute atomic E-state index is 0.0598. The Kier molecular flexibility index (Phi) is 4.30. The van der Waals surface area contributed by atoms with Crippen LogP contribution in [0.2, 0.25) is 0 Å². The summed E-state index contributed by atoms with van der Waals surface area (Å²) >= 11 is 0. The molecule has 3 aliphatic carbocycles. The summed E-state index contributed by atoms with van der Waals surface area (Å²) < 4.78 is 23.3. The van der Waals surface area contributed by atoms with Gasteiger partial charge in [-0.3, -0.25) is 4.79 Å². The Labute approximate surface area is 128 Å². The highest BCUT2D eigenvalue weighted by atomic mass is 32.2. The van der Waals surface area contributed by atoms with E-state index in [0.29, 0.717) is 18.8 Å². The lowest BCUT2D eigenvalue weighted by molar-refractivity contribution is -0.123. The first kappa shape index (κ1) is 15.3. The van der Waals surface area contributed by atoms with Gasteiger partial charge in [-0.05, 0) is 56.3 Å². The summed E-state index contributed by atoms with van der Waals surface area (Å²) in [6, 6.07) is 0.0598. The van der Waals surface area contributed by atoms with Gasteiger partial charge in [0.2, 0.25) is 5.91 Å². The van der Waals surface area contributed by atoms with Gasteiger partial charge in [-0.2, -0.15) is 0 Å². The summed E-state index contributed by atoms with van der Waals surface area (Å²) in [6.45, 7) is 0. The number of nitrogens with one attached hydrogen (secondary N) is 1. The molecular weight excluding hydrogens is 286 g/mol. The molecule has 5 heteroatoms. The Morgan fingerprint density at radius 2 is 1.90 bits per heavy atom. The van der Waals surface area contributed by atoms with Crippen LogP contribution in [0.25, 0.3) is 0 Å². The van der Waals surface area contributed by atoms with Crippen molar-refractivity contribution >= 4 is 15.7 Å². The van der Waals surface area contributed by atoms with Crippen LogP contribution in [-0.2, 0) is 14.6 Å². The molecular formula is C16H27NO3S. The predicted molar refractivity (Wildman–Crippen MR) is 82.6 cm³/mol. The van der Waals surface area contributed by atoms with E-state index in [4.69, 9.17) is 0 Å². The van der Waals surface area contributed by atoms with Crippen molar-refractivity contribution in [2.45, 2.75) is 69.1 Å². The molecule has 21 heavy (non-hydrogen) atoms. The number of fused-ring (bicyclic) bond motifs is 2. The van der Waals surface area contributed by atoms with Gasteiger partial charge < -0.3 is 5.32 Å². The number of hydrogen-bond acceptors (Lipinski definition) is 3. The molecule has 2 bridgehead atoms. The van der Waals surface area contributed by atoms with E-state index >= 15 is 0 Å². The van der Waals surface area contributed by atoms with Gasteiger partial charge in [0.15, 0.2) is 0 Å². The van der Waals surface area contributed by atoms with E-state index in [1.54, 1.807) is 0 Å². The minimum atomic E-state index is -2.98. The Hall–Kier alpha value is -0.580. The van der Waals surface area contributed by atoms with Crippen molar-refractivity contribution in [3.8, 4) is 0 Å². The van der Waals surface area contributed by atoms with E-state index < -0.39 is 9.84 Å². The molecule has 5 atom stereocenters. The standard InChI is InChI=1S/C16H27NO3S/c1-21(19,20)15-4-2-3-14(10-15)17-16(18)9-13-8-11-5-6-12(13)7-11/h11-15H,2-10H2,1H3,(H,17,18)/t11-,12-,13-,14+,15+/m0/s1. The monoisotopic (exact) mass is 313 g/mol. The summed E-state index contributed by atoms with van der Waals surface area (Å²) in [7, 11) is -2.98. The molecule has 3 rings (SSSR count). The van der Waals surface area contributed by atoms with Crippen molar-refractivity contribution in [1.82, 2.24) is 5.32 Å². The second kappa shape index (κ2) is 5.90. The van der Waals surface area contributed by atoms with Crippen molar-refractivity contribution in [2.75, 3.05) is 6.26 Å². The third-order valence-electron chi connectivity index (χ3n) is 5.93. The molecule has 1 N–H and O–H groups in total. The van der Waals surface area contributed by atoms with E-state index in [1.165, 1.54) is 31.9 Å². The fraction of sp³-hybridized carbons (Fsp3) is 0.938. The van der Waals surface area contributed by atoms with Crippen LogP contribution in [0, 0.1) is 17.8 Å². The highest BCUT2D eigenvalue weighted by Crippen LogP contribution is 2.49. The molecule has 3 saturated carbocycles. The maximum absolute atomic E-state index is 12.2. The van der Waals surface area contributed by atoms with E-state index in [-0.39, 0.29) is 17.2 Å². The summed E-state index contributed by atoms with van der Waals surface area (Å²) in [5, 5.41) is 2.84. The summed E-state index contributed by atoms with van der Waals surface area (Å²) in [5.74, 6) is 2.37. The lowest BCUT2D eigenvalue weighted by Gasteiger charge is -2.29. The normalized spacial score (nSPS) is 39.4. The lowest BCUT2D eigenvalue weighted by Crippen LogP contribution is -2.42. The van der Waals surface area contributed by atoms with Gasteiger partial charge in [0.25, 0.3) is 0 Å². The number of sulfone groups is 1. The Morgan fingerprint density at radius 1 is 1.10 bits per heavy atom. The van der Waals surface area contributed by atoms with Crippen molar-refractivity contribution in [2.24, 2.45) is 17.8 Å². The van der Waals surface area contributed by atoms with E-state index in [0.717, 1.165) is 31.1 Å². The topological polar surface area (TPSA) is 63.2 Å². The second-order valence-electron chi connectivity index (χ2n) is 7.52. The largest absolute Gasteiger partial charge is 0.353 e. The summed E-state index contributed by atoms with van der Waals surface area (Å²) in [6.07, 6.45) is 10.4. The van der Waals surface area contributed by atoms with Crippen LogP contribution in [0.5, 0.6) is 0 Å². The van der Waals surface area contributed by atoms with Crippen LogP contribution in [0.4, 0.5) is 0 Å². The first-order valence-electron chi connectivity index (χ1n) is 8.40. The van der Waals surface area contributed by atoms with Crippen molar-refractivity contribution < 1.29 is 13.2 Å². The van der Waals surface area contributed by atoms with Crippen LogP contribution in [0.3, 0.4) is 0 Å². The van der Waals surface area contributed by atoms with E-state index in [9.17, 15) is 13.2 Å². The number of carbonyl (C=O) groups excluding carboxylic acids is 1. The molecule has 0 aromatic rings. The molecule has 120 valence electrons. The molecule has 0 radical (unpaired) electrons. The maximum Gasteiger partial charge on any atom is 0.220 e. The molecule has 0 aromatic carbocycles. The van der Waals surface area contributed by atoms with Gasteiger partial charge in [0, 0.05) is 18.7 Å². The zero-order chi connectivity index (χ0) is 15.0. The van der Waals surface area contributed by atoms with Crippen molar-refractivity contribution in [3.05, 3.63) is 0 Å². The van der Waals surface area contributed by atoms with Crippen LogP contribution in [-0.4, -0.2) is 31.9 Å². The Morgan fingerprint density at radius 3 is 2.52 bits per heavy atom. The quantitative estimate of drug-likeness (QED) is 0.866. The molecule has 4 nitrogen and oxygen atoms in total. The summed E-state index contributed by atoms with van der Waals surface area (Å²) in [5.41, 5.74) is 0. The van der Waals surface area contributed by atoms with Crippen molar-refractivity contribution in [3.63, 3.8) is 0 Å². The fourth-order valence-corrected chi connectivity index (χ4v) is 5.99. The van der Waals surface area contributed by atoms with Gasteiger partial charge in [0.05, 0.1) is 5.25 Å². The van der Waals surface area contributed by atoms with Gasteiger partial charge in [0.1, 0.15) is 9.84 Å². The average Bonchev–Trinajstić information content (AvgIpc) is 3.00. The Bertz CT molecular complexity index is 502. The third kappa shape index (κ3) is 3.61.